The van der Waals surface area contributed by atoms with Crippen molar-refractivity contribution in [2.75, 3.05) is 13.2 Å². The Morgan fingerprint density at radius 3 is 1.38 bits per heavy atom. The van der Waals surface area contributed by atoms with Gasteiger partial charge in [-0.1, -0.05) is 63.5 Å². The molecular formula is C18H34O3. The smallest absolute Gasteiger partial charge is 0.0799 e. The molecule has 2 atom stereocenters. The highest BCUT2D eigenvalue weighted by atomic mass is 16.5. The standard InChI is InChI=1S/C12H24O2.C6H10O/c13-11-9-7-5-3-1-2-4-6-8-10-12(11)14;1-3-5-7-6-4-2/h11-14H,1-10H2;3-4H,1-2,5-6H2. The molecule has 1 saturated carbocycles. The molecule has 0 heterocycles. The summed E-state index contributed by atoms with van der Waals surface area (Å²) in [7, 11) is 0. The van der Waals surface area contributed by atoms with Crippen molar-refractivity contribution in [2.24, 2.45) is 0 Å². The second kappa shape index (κ2) is 15.7. The Hall–Kier alpha value is -0.640. The van der Waals surface area contributed by atoms with E-state index in [1.807, 2.05) is 0 Å². The van der Waals surface area contributed by atoms with Gasteiger partial charge >= 0.3 is 0 Å². The molecular weight excluding hydrogens is 264 g/mol. The molecule has 21 heavy (non-hydrogen) atoms. The first-order chi connectivity index (χ1) is 10.2. The monoisotopic (exact) mass is 298 g/mol. The Balaban J connectivity index is 0.000000486. The molecule has 0 saturated heterocycles. The summed E-state index contributed by atoms with van der Waals surface area (Å²) in [5, 5.41) is 19.2. The first-order valence-electron chi connectivity index (χ1n) is 8.38. The molecule has 0 radical (unpaired) electrons. The van der Waals surface area contributed by atoms with E-state index in [1.165, 1.54) is 38.5 Å². The van der Waals surface area contributed by atoms with Crippen molar-refractivity contribution in [2.45, 2.75) is 76.4 Å². The van der Waals surface area contributed by atoms with Crippen LogP contribution in [0.4, 0.5) is 0 Å². The molecule has 0 bridgehead atoms. The molecule has 124 valence electrons. The minimum atomic E-state index is -0.477. The van der Waals surface area contributed by atoms with E-state index in [9.17, 15) is 10.2 Å². The first kappa shape index (κ1) is 20.4. The van der Waals surface area contributed by atoms with E-state index in [0.29, 0.717) is 13.2 Å². The Morgan fingerprint density at radius 2 is 1.05 bits per heavy atom. The van der Waals surface area contributed by atoms with Gasteiger partial charge in [-0.2, -0.15) is 0 Å². The summed E-state index contributed by atoms with van der Waals surface area (Å²) in [5.41, 5.74) is 0. The van der Waals surface area contributed by atoms with E-state index in [4.69, 9.17) is 4.74 Å². The van der Waals surface area contributed by atoms with Crippen LogP contribution >= 0.6 is 0 Å². The average Bonchev–Trinajstić information content (AvgIpc) is 2.48. The molecule has 0 aromatic heterocycles. The highest BCUT2D eigenvalue weighted by molar-refractivity contribution is 4.69. The lowest BCUT2D eigenvalue weighted by atomic mass is 9.98. The minimum absolute atomic E-state index is 0.477. The van der Waals surface area contributed by atoms with Crippen molar-refractivity contribution in [3.63, 3.8) is 0 Å². The second-order valence-electron chi connectivity index (χ2n) is 5.66. The van der Waals surface area contributed by atoms with Gasteiger partial charge in [0.25, 0.3) is 0 Å². The minimum Gasteiger partial charge on any atom is -0.390 e. The molecule has 2 unspecified atom stereocenters. The second-order valence-corrected chi connectivity index (χ2v) is 5.66. The molecule has 0 spiro atoms. The van der Waals surface area contributed by atoms with E-state index in [2.05, 4.69) is 13.2 Å². The summed E-state index contributed by atoms with van der Waals surface area (Å²) < 4.78 is 4.90. The number of aliphatic hydroxyl groups excluding tert-OH is 2. The number of aliphatic hydroxyl groups is 2. The van der Waals surface area contributed by atoms with Crippen molar-refractivity contribution in [1.82, 2.24) is 0 Å². The summed E-state index contributed by atoms with van der Waals surface area (Å²) in [5.74, 6) is 0. The van der Waals surface area contributed by atoms with Crippen LogP contribution in [0.2, 0.25) is 0 Å². The normalized spacial score (nSPS) is 24.7. The van der Waals surface area contributed by atoms with Gasteiger partial charge in [0.2, 0.25) is 0 Å². The van der Waals surface area contributed by atoms with E-state index < -0.39 is 12.2 Å². The zero-order valence-corrected chi connectivity index (χ0v) is 13.5. The van der Waals surface area contributed by atoms with Gasteiger partial charge in [0.1, 0.15) is 0 Å². The predicted octanol–water partition coefficient (Wildman–Crippen LogP) is 4.00. The van der Waals surface area contributed by atoms with Gasteiger partial charge in [0, 0.05) is 0 Å². The molecule has 3 nitrogen and oxygen atoms in total. The maximum atomic E-state index is 9.61. The molecule has 3 heteroatoms. The fourth-order valence-electron chi connectivity index (χ4n) is 2.39. The molecule has 1 fully saturated rings. The summed E-state index contributed by atoms with van der Waals surface area (Å²) in [6, 6.07) is 0. The van der Waals surface area contributed by atoms with E-state index in [1.54, 1.807) is 12.2 Å². The van der Waals surface area contributed by atoms with Gasteiger partial charge in [0.15, 0.2) is 0 Å². The van der Waals surface area contributed by atoms with Crippen molar-refractivity contribution in [3.8, 4) is 0 Å². The third-order valence-corrected chi connectivity index (χ3v) is 3.67. The third kappa shape index (κ3) is 14.1. The Bertz CT molecular complexity index is 217. The quantitative estimate of drug-likeness (QED) is 0.609. The molecule has 0 amide bonds. The predicted molar refractivity (Wildman–Crippen MR) is 89.4 cm³/mol. The van der Waals surface area contributed by atoms with E-state index in [0.717, 1.165) is 25.7 Å². The lowest BCUT2D eigenvalue weighted by Crippen LogP contribution is -2.25. The van der Waals surface area contributed by atoms with Gasteiger partial charge in [-0.3, -0.25) is 0 Å². The van der Waals surface area contributed by atoms with Crippen LogP contribution in [0.15, 0.2) is 25.3 Å². The topological polar surface area (TPSA) is 49.7 Å². The van der Waals surface area contributed by atoms with Gasteiger partial charge in [-0.25, -0.2) is 0 Å². The molecule has 0 aromatic rings. The number of rotatable bonds is 4. The Morgan fingerprint density at radius 1 is 0.714 bits per heavy atom. The number of ether oxygens (including phenoxy) is 1. The Kier molecular flexibility index (Phi) is 15.3. The van der Waals surface area contributed by atoms with Crippen LogP contribution in [0, 0.1) is 0 Å². The number of hydrogen-bond acceptors (Lipinski definition) is 3. The molecule has 2 N–H and O–H groups in total. The van der Waals surface area contributed by atoms with Crippen LogP contribution in [-0.2, 0) is 4.74 Å². The Labute approximate surface area is 130 Å². The lowest BCUT2D eigenvalue weighted by Gasteiger charge is -2.18. The van der Waals surface area contributed by atoms with Crippen molar-refractivity contribution in [1.29, 1.82) is 0 Å². The molecule has 1 aliphatic rings. The van der Waals surface area contributed by atoms with Crippen LogP contribution < -0.4 is 0 Å². The highest BCUT2D eigenvalue weighted by Gasteiger charge is 2.15. The lowest BCUT2D eigenvalue weighted by molar-refractivity contribution is 0.00685. The summed E-state index contributed by atoms with van der Waals surface area (Å²) in [6.07, 6.45) is 13.9. The third-order valence-electron chi connectivity index (χ3n) is 3.67. The van der Waals surface area contributed by atoms with Gasteiger partial charge in [-0.15, -0.1) is 13.2 Å². The van der Waals surface area contributed by atoms with Crippen LogP contribution in [0.3, 0.4) is 0 Å². The SMILES string of the molecule is C=CCOCC=C.OC1CCCCCCCCCCC1O. The van der Waals surface area contributed by atoms with Crippen molar-refractivity contribution >= 4 is 0 Å². The van der Waals surface area contributed by atoms with Gasteiger partial charge in [0.05, 0.1) is 25.4 Å². The molecule has 1 rings (SSSR count). The maximum Gasteiger partial charge on any atom is 0.0799 e. The highest BCUT2D eigenvalue weighted by Crippen LogP contribution is 2.17. The summed E-state index contributed by atoms with van der Waals surface area (Å²) >= 11 is 0. The van der Waals surface area contributed by atoms with Crippen LogP contribution in [-0.4, -0.2) is 35.6 Å². The fraction of sp³-hybridized carbons (Fsp3) is 0.778. The van der Waals surface area contributed by atoms with Crippen LogP contribution in [0.25, 0.3) is 0 Å². The van der Waals surface area contributed by atoms with E-state index in [-0.39, 0.29) is 0 Å². The fourth-order valence-corrected chi connectivity index (χ4v) is 2.39. The van der Waals surface area contributed by atoms with Crippen LogP contribution in [0.1, 0.15) is 64.2 Å². The number of hydrogen-bond donors (Lipinski definition) is 2. The van der Waals surface area contributed by atoms with Gasteiger partial charge < -0.3 is 14.9 Å². The van der Waals surface area contributed by atoms with Gasteiger partial charge in [-0.05, 0) is 12.8 Å². The maximum absolute atomic E-state index is 9.61. The van der Waals surface area contributed by atoms with Crippen molar-refractivity contribution < 1.29 is 14.9 Å². The zero-order valence-electron chi connectivity index (χ0n) is 13.5. The van der Waals surface area contributed by atoms with Crippen LogP contribution in [0.5, 0.6) is 0 Å². The molecule has 1 aliphatic carbocycles. The van der Waals surface area contributed by atoms with Crippen molar-refractivity contribution in [3.05, 3.63) is 25.3 Å². The molecule has 0 aromatic carbocycles. The molecule has 0 aliphatic heterocycles. The van der Waals surface area contributed by atoms with E-state index >= 15 is 0 Å². The first-order valence-corrected chi connectivity index (χ1v) is 8.38. The zero-order chi connectivity index (χ0) is 15.8. The average molecular weight is 298 g/mol. The summed E-state index contributed by atoms with van der Waals surface area (Å²) in [6.45, 7) is 8.18. The summed E-state index contributed by atoms with van der Waals surface area (Å²) in [4.78, 5) is 0. The largest absolute Gasteiger partial charge is 0.390 e.